The number of anilines is 1. The first-order valence-corrected chi connectivity index (χ1v) is 6.35. The second-order valence-electron chi connectivity index (χ2n) is 4.97. The predicted molar refractivity (Wildman–Crippen MR) is 72.5 cm³/mol. The average Bonchev–Trinajstić information content (AvgIpc) is 2.53. The third-order valence-corrected chi connectivity index (χ3v) is 3.44. The smallest absolute Gasteiger partial charge is 0.337 e. The Bertz CT molecular complexity index is 445. The number of nitrogens with zero attached hydrogens (tertiary/aromatic N) is 2. The van der Waals surface area contributed by atoms with Gasteiger partial charge in [0.05, 0.1) is 11.3 Å². The zero-order chi connectivity index (χ0) is 13.1. The van der Waals surface area contributed by atoms with Crippen molar-refractivity contribution in [2.75, 3.05) is 38.1 Å². The minimum Gasteiger partial charge on any atom is -0.478 e. The molecule has 0 saturated carbocycles. The number of carboxylic acid groups (broad SMARTS) is 1. The van der Waals surface area contributed by atoms with Gasteiger partial charge in [-0.15, -0.1) is 0 Å². The zero-order valence-electron chi connectivity index (χ0n) is 11.0. The molecule has 0 atom stereocenters. The van der Waals surface area contributed by atoms with Gasteiger partial charge in [0.15, 0.2) is 0 Å². The van der Waals surface area contributed by atoms with Crippen molar-refractivity contribution in [2.24, 2.45) is 0 Å². The van der Waals surface area contributed by atoms with E-state index < -0.39 is 5.97 Å². The third-order valence-electron chi connectivity index (χ3n) is 3.44. The fourth-order valence-corrected chi connectivity index (χ4v) is 2.37. The molecule has 4 nitrogen and oxygen atoms in total. The van der Waals surface area contributed by atoms with Crippen LogP contribution in [0.25, 0.3) is 0 Å². The summed E-state index contributed by atoms with van der Waals surface area (Å²) in [6.45, 7) is 5.87. The van der Waals surface area contributed by atoms with E-state index in [9.17, 15) is 9.90 Å². The summed E-state index contributed by atoms with van der Waals surface area (Å²) in [6, 6.07) is 5.55. The van der Waals surface area contributed by atoms with Gasteiger partial charge in [0.1, 0.15) is 0 Å². The van der Waals surface area contributed by atoms with Crippen molar-refractivity contribution in [3.8, 4) is 0 Å². The molecule has 18 heavy (non-hydrogen) atoms. The number of likely N-dealkylation sites (N-methyl/N-ethyl adjacent to an activating group) is 1. The highest BCUT2D eigenvalue weighted by Gasteiger charge is 2.18. The molecule has 1 fully saturated rings. The molecule has 1 aliphatic rings. The Kier molecular flexibility index (Phi) is 3.87. The van der Waals surface area contributed by atoms with Crippen molar-refractivity contribution in [2.45, 2.75) is 13.3 Å². The molecule has 1 aromatic rings. The summed E-state index contributed by atoms with van der Waals surface area (Å²) in [5, 5.41) is 9.27. The number of aromatic carboxylic acids is 1. The first-order chi connectivity index (χ1) is 8.58. The van der Waals surface area contributed by atoms with E-state index in [4.69, 9.17) is 0 Å². The van der Waals surface area contributed by atoms with E-state index in [1.54, 1.807) is 6.07 Å². The average molecular weight is 248 g/mol. The number of benzene rings is 1. The van der Waals surface area contributed by atoms with Gasteiger partial charge in [0.2, 0.25) is 0 Å². The van der Waals surface area contributed by atoms with Crippen molar-refractivity contribution in [3.05, 3.63) is 29.3 Å². The summed E-state index contributed by atoms with van der Waals surface area (Å²) in [7, 11) is 2.11. The molecule has 0 bridgehead atoms. The minimum absolute atomic E-state index is 0.408. The van der Waals surface area contributed by atoms with Gasteiger partial charge in [0.25, 0.3) is 0 Å². The van der Waals surface area contributed by atoms with Gasteiger partial charge in [-0.25, -0.2) is 4.79 Å². The van der Waals surface area contributed by atoms with Gasteiger partial charge in [-0.05, 0) is 44.6 Å². The molecular formula is C14H20N2O2. The maximum Gasteiger partial charge on any atom is 0.337 e. The monoisotopic (exact) mass is 248 g/mol. The van der Waals surface area contributed by atoms with Crippen LogP contribution in [0.4, 0.5) is 5.69 Å². The van der Waals surface area contributed by atoms with Gasteiger partial charge in [-0.1, -0.05) is 6.07 Å². The van der Waals surface area contributed by atoms with Gasteiger partial charge >= 0.3 is 5.97 Å². The third kappa shape index (κ3) is 2.82. The lowest BCUT2D eigenvalue weighted by Gasteiger charge is -2.24. The summed E-state index contributed by atoms with van der Waals surface area (Å²) in [5.41, 5.74) is 2.37. The van der Waals surface area contributed by atoms with Crippen molar-refractivity contribution >= 4 is 11.7 Å². The van der Waals surface area contributed by atoms with Crippen LogP contribution in [0.3, 0.4) is 0 Å². The Labute approximate surface area is 108 Å². The van der Waals surface area contributed by atoms with Crippen LogP contribution in [0, 0.1) is 6.92 Å². The highest BCUT2D eigenvalue weighted by Crippen LogP contribution is 2.23. The molecule has 2 rings (SSSR count). The molecule has 1 aromatic carbocycles. The number of rotatable bonds is 2. The molecule has 1 N–H and O–H groups in total. The zero-order valence-corrected chi connectivity index (χ0v) is 11.0. The lowest BCUT2D eigenvalue weighted by molar-refractivity contribution is 0.0697. The van der Waals surface area contributed by atoms with Crippen molar-refractivity contribution in [1.29, 1.82) is 0 Å². The lowest BCUT2D eigenvalue weighted by Crippen LogP contribution is -2.30. The van der Waals surface area contributed by atoms with E-state index in [-0.39, 0.29) is 0 Å². The number of aryl methyl sites for hydroxylation is 1. The van der Waals surface area contributed by atoms with Crippen LogP contribution in [-0.2, 0) is 0 Å². The van der Waals surface area contributed by atoms with Gasteiger partial charge in [0, 0.05) is 19.6 Å². The summed E-state index contributed by atoms with van der Waals surface area (Å²) in [5.74, 6) is -0.845. The summed E-state index contributed by atoms with van der Waals surface area (Å²) < 4.78 is 0. The Morgan fingerprint density at radius 1 is 1.22 bits per heavy atom. The first kappa shape index (κ1) is 12.9. The number of hydrogen-bond acceptors (Lipinski definition) is 3. The fraction of sp³-hybridized carbons (Fsp3) is 0.500. The van der Waals surface area contributed by atoms with Crippen LogP contribution in [-0.4, -0.2) is 49.2 Å². The van der Waals surface area contributed by atoms with Crippen LogP contribution >= 0.6 is 0 Å². The molecular weight excluding hydrogens is 228 g/mol. The molecule has 0 unspecified atom stereocenters. The Morgan fingerprint density at radius 3 is 2.72 bits per heavy atom. The van der Waals surface area contributed by atoms with E-state index in [1.165, 1.54) is 0 Å². The molecule has 0 aromatic heterocycles. The predicted octanol–water partition coefficient (Wildman–Crippen LogP) is 1.84. The van der Waals surface area contributed by atoms with Gasteiger partial charge in [-0.3, -0.25) is 0 Å². The van der Waals surface area contributed by atoms with Gasteiger partial charge in [-0.2, -0.15) is 0 Å². The normalized spacial score (nSPS) is 17.6. The van der Waals surface area contributed by atoms with Crippen LogP contribution in [0.5, 0.6) is 0 Å². The number of carboxylic acids is 1. The second kappa shape index (κ2) is 5.40. The van der Waals surface area contributed by atoms with Crippen LogP contribution in [0.1, 0.15) is 22.3 Å². The van der Waals surface area contributed by atoms with Crippen LogP contribution < -0.4 is 4.90 Å². The molecule has 4 heteroatoms. The van der Waals surface area contributed by atoms with E-state index in [0.717, 1.165) is 43.9 Å². The SMILES string of the molecule is Cc1ccc(C(=O)O)c(N2CCCN(C)CC2)c1. The summed E-state index contributed by atoms with van der Waals surface area (Å²) >= 11 is 0. The highest BCUT2D eigenvalue weighted by atomic mass is 16.4. The first-order valence-electron chi connectivity index (χ1n) is 6.35. The standard InChI is InChI=1S/C14H20N2O2/c1-11-4-5-12(14(17)18)13(10-11)16-7-3-6-15(2)8-9-16/h4-5,10H,3,6-9H2,1-2H3,(H,17,18). The summed E-state index contributed by atoms with van der Waals surface area (Å²) in [6.07, 6.45) is 1.07. The fourth-order valence-electron chi connectivity index (χ4n) is 2.37. The van der Waals surface area contributed by atoms with E-state index in [1.807, 2.05) is 19.1 Å². The maximum absolute atomic E-state index is 11.3. The van der Waals surface area contributed by atoms with E-state index >= 15 is 0 Å². The molecule has 98 valence electrons. The largest absolute Gasteiger partial charge is 0.478 e. The quantitative estimate of drug-likeness (QED) is 0.867. The second-order valence-corrected chi connectivity index (χ2v) is 4.97. The van der Waals surface area contributed by atoms with Crippen molar-refractivity contribution in [3.63, 3.8) is 0 Å². The van der Waals surface area contributed by atoms with Crippen LogP contribution in [0.2, 0.25) is 0 Å². The van der Waals surface area contributed by atoms with E-state index in [2.05, 4.69) is 16.8 Å². The number of carbonyl (C=O) groups is 1. The Hall–Kier alpha value is -1.55. The molecule has 1 heterocycles. The molecule has 0 radical (unpaired) electrons. The van der Waals surface area contributed by atoms with E-state index in [0.29, 0.717) is 5.56 Å². The Balaban J connectivity index is 2.30. The maximum atomic E-state index is 11.3. The van der Waals surface area contributed by atoms with Crippen LogP contribution in [0.15, 0.2) is 18.2 Å². The summed E-state index contributed by atoms with van der Waals surface area (Å²) in [4.78, 5) is 15.8. The topological polar surface area (TPSA) is 43.8 Å². The molecule has 1 aliphatic heterocycles. The van der Waals surface area contributed by atoms with Crippen molar-refractivity contribution in [1.82, 2.24) is 4.90 Å². The molecule has 0 aliphatic carbocycles. The highest BCUT2D eigenvalue weighted by molar-refractivity contribution is 5.94. The molecule has 1 saturated heterocycles. The molecule has 0 amide bonds. The molecule has 0 spiro atoms. The van der Waals surface area contributed by atoms with Crippen molar-refractivity contribution < 1.29 is 9.90 Å². The minimum atomic E-state index is -0.845. The Morgan fingerprint density at radius 2 is 2.00 bits per heavy atom. The van der Waals surface area contributed by atoms with Gasteiger partial charge < -0.3 is 14.9 Å². The lowest BCUT2D eigenvalue weighted by atomic mass is 10.1. The number of hydrogen-bond donors (Lipinski definition) is 1.